The summed E-state index contributed by atoms with van der Waals surface area (Å²) < 4.78 is 6.58. The molecular formula is C32H33Cl2N3O4. The van der Waals surface area contributed by atoms with Gasteiger partial charge in [-0.3, -0.25) is 9.59 Å². The number of phenols is 1. The number of nitrogens with zero attached hydrogens (tertiary/aromatic N) is 2. The van der Waals surface area contributed by atoms with Crippen LogP contribution in [-0.4, -0.2) is 29.5 Å². The number of fused-ring (bicyclic) bond motifs is 1. The van der Waals surface area contributed by atoms with Gasteiger partial charge in [0, 0.05) is 24.2 Å². The van der Waals surface area contributed by atoms with E-state index in [4.69, 9.17) is 27.6 Å². The summed E-state index contributed by atoms with van der Waals surface area (Å²) in [5, 5.41) is 14.4. The molecule has 0 amide bonds. The van der Waals surface area contributed by atoms with E-state index in [2.05, 4.69) is 29.0 Å². The number of aryl methyl sites for hydroxylation is 1. The fourth-order valence-electron chi connectivity index (χ4n) is 5.44. The second-order valence-electron chi connectivity index (χ2n) is 11.6. The maximum Gasteiger partial charge on any atom is 0.202 e. The summed E-state index contributed by atoms with van der Waals surface area (Å²) in [6, 6.07) is 10.00. The van der Waals surface area contributed by atoms with Gasteiger partial charge in [-0.15, -0.1) is 0 Å². The summed E-state index contributed by atoms with van der Waals surface area (Å²) in [7, 11) is 0. The van der Waals surface area contributed by atoms with Crippen molar-refractivity contribution < 1.29 is 14.3 Å². The maximum atomic E-state index is 13.6. The van der Waals surface area contributed by atoms with Crippen LogP contribution in [0.25, 0.3) is 22.2 Å². The first-order valence-electron chi connectivity index (χ1n) is 13.6. The van der Waals surface area contributed by atoms with Crippen LogP contribution in [0, 0.1) is 19.3 Å². The van der Waals surface area contributed by atoms with Crippen molar-refractivity contribution in [1.29, 1.82) is 0 Å². The third kappa shape index (κ3) is 5.53. The van der Waals surface area contributed by atoms with E-state index in [1.54, 1.807) is 18.2 Å². The van der Waals surface area contributed by atoms with Crippen molar-refractivity contribution in [3.63, 3.8) is 0 Å². The number of hydrogen-bond donors (Lipinski definition) is 2. The summed E-state index contributed by atoms with van der Waals surface area (Å²) in [6.45, 7) is 12.0. The minimum Gasteiger partial charge on any atom is -0.507 e. The molecule has 5 rings (SSSR count). The summed E-state index contributed by atoms with van der Waals surface area (Å²) in [4.78, 5) is 31.9. The van der Waals surface area contributed by atoms with E-state index < -0.39 is 0 Å². The molecule has 41 heavy (non-hydrogen) atoms. The number of hydrogen-bond acceptors (Lipinski definition) is 7. The number of anilines is 2. The van der Waals surface area contributed by atoms with Crippen LogP contribution < -0.4 is 15.6 Å². The molecule has 0 saturated carbocycles. The Bertz CT molecular complexity index is 1720. The van der Waals surface area contributed by atoms with Crippen molar-refractivity contribution in [2.45, 2.75) is 53.5 Å². The highest BCUT2D eigenvalue weighted by molar-refractivity contribution is 6.36. The Morgan fingerprint density at radius 3 is 2.51 bits per heavy atom. The molecule has 3 heterocycles. The van der Waals surface area contributed by atoms with E-state index in [1.807, 2.05) is 32.9 Å². The van der Waals surface area contributed by atoms with E-state index in [0.717, 1.165) is 37.1 Å². The van der Waals surface area contributed by atoms with Crippen LogP contribution in [0.2, 0.25) is 10.2 Å². The van der Waals surface area contributed by atoms with Gasteiger partial charge in [-0.05, 0) is 74.9 Å². The number of halogens is 2. The quantitative estimate of drug-likeness (QED) is 0.172. The zero-order valence-electron chi connectivity index (χ0n) is 23.8. The maximum absolute atomic E-state index is 13.6. The Morgan fingerprint density at radius 2 is 1.83 bits per heavy atom. The lowest BCUT2D eigenvalue weighted by Gasteiger charge is -2.37. The number of carbonyl (C=O) groups is 1. The van der Waals surface area contributed by atoms with Gasteiger partial charge in [0.15, 0.2) is 11.7 Å². The van der Waals surface area contributed by atoms with Crippen molar-refractivity contribution in [3.05, 3.63) is 79.1 Å². The van der Waals surface area contributed by atoms with Gasteiger partial charge in [-0.1, -0.05) is 43.1 Å². The molecule has 7 nitrogen and oxygen atoms in total. The molecule has 4 aromatic rings. The van der Waals surface area contributed by atoms with E-state index in [-0.39, 0.29) is 38.4 Å². The molecule has 1 aliphatic rings. The summed E-state index contributed by atoms with van der Waals surface area (Å²) in [5.74, 6) is 0.407. The molecule has 1 aliphatic heterocycles. The molecule has 2 N–H and O–H groups in total. The van der Waals surface area contributed by atoms with Crippen LogP contribution in [0.5, 0.6) is 5.75 Å². The number of aldehydes is 1. The van der Waals surface area contributed by atoms with Crippen LogP contribution in [-0.2, 0) is 0 Å². The van der Waals surface area contributed by atoms with Crippen LogP contribution in [0.15, 0.2) is 45.6 Å². The van der Waals surface area contributed by atoms with Crippen molar-refractivity contribution in [2.75, 3.05) is 23.3 Å². The molecule has 1 saturated heterocycles. The molecular weight excluding hydrogens is 561 g/mol. The van der Waals surface area contributed by atoms with Crippen LogP contribution in [0.4, 0.5) is 11.6 Å². The highest BCUT2D eigenvalue weighted by Gasteiger charge is 2.29. The summed E-state index contributed by atoms with van der Waals surface area (Å²) >= 11 is 12.8. The first-order chi connectivity index (χ1) is 19.4. The van der Waals surface area contributed by atoms with E-state index in [1.165, 1.54) is 6.07 Å². The first kappa shape index (κ1) is 29.0. The number of carbonyl (C=O) groups excluding carboxylic acids is 1. The topological polar surface area (TPSA) is 95.7 Å². The lowest BCUT2D eigenvalue weighted by atomic mass is 9.82. The Kier molecular flexibility index (Phi) is 7.79. The van der Waals surface area contributed by atoms with Crippen molar-refractivity contribution >= 4 is 52.0 Å². The highest BCUT2D eigenvalue weighted by Crippen LogP contribution is 2.40. The zero-order valence-corrected chi connectivity index (χ0v) is 25.3. The zero-order chi connectivity index (χ0) is 29.6. The Labute approximate surface area is 249 Å². The molecule has 2 aromatic carbocycles. The molecule has 1 fully saturated rings. The van der Waals surface area contributed by atoms with Crippen LogP contribution in [0.1, 0.15) is 66.7 Å². The van der Waals surface area contributed by atoms with Gasteiger partial charge in [0.2, 0.25) is 5.88 Å². The van der Waals surface area contributed by atoms with Crippen molar-refractivity contribution in [2.24, 2.45) is 5.41 Å². The molecule has 9 heteroatoms. The Hall–Kier alpha value is -3.55. The fraction of sp³-hybridized carbons (Fsp3) is 0.344. The molecule has 0 radical (unpaired) electrons. The second kappa shape index (κ2) is 11.0. The van der Waals surface area contributed by atoms with Gasteiger partial charge in [-0.25, -0.2) is 4.98 Å². The largest absolute Gasteiger partial charge is 0.507 e. The lowest BCUT2D eigenvalue weighted by Crippen LogP contribution is -2.38. The molecule has 214 valence electrons. The van der Waals surface area contributed by atoms with Crippen molar-refractivity contribution in [3.8, 4) is 17.0 Å². The van der Waals surface area contributed by atoms with Gasteiger partial charge in [0.1, 0.15) is 16.5 Å². The van der Waals surface area contributed by atoms with Gasteiger partial charge >= 0.3 is 0 Å². The van der Waals surface area contributed by atoms with E-state index >= 15 is 0 Å². The number of rotatable bonds is 6. The smallest absolute Gasteiger partial charge is 0.202 e. The predicted molar refractivity (Wildman–Crippen MR) is 166 cm³/mol. The number of aromatic nitrogens is 1. The predicted octanol–water partition coefficient (Wildman–Crippen LogP) is 8.10. The summed E-state index contributed by atoms with van der Waals surface area (Å²) in [5.41, 5.74) is 4.59. The number of aromatic hydroxyl groups is 1. The molecule has 1 atom stereocenters. The molecule has 0 unspecified atom stereocenters. The fourth-order valence-corrected chi connectivity index (χ4v) is 5.88. The van der Waals surface area contributed by atoms with E-state index in [0.29, 0.717) is 45.6 Å². The van der Waals surface area contributed by atoms with Gasteiger partial charge in [-0.2, -0.15) is 0 Å². The second-order valence-corrected chi connectivity index (χ2v) is 12.4. The monoisotopic (exact) mass is 593 g/mol. The Morgan fingerprint density at radius 1 is 1.12 bits per heavy atom. The standard InChI is InChI=1S/C32H33Cl2N3O4/c1-17-14-21(30-22(15-17)29(40)18(2)31(41-30)37-12-10-32(4,5)11-13-37)19(3)35-24-7-9-26(33)36-28(24)20-6-8-25(39)23(16-38)27(20)34/h6-9,14-16,19,35,39H,10-13H2,1-5H3/t19-/m1/s1. The number of benzene rings is 2. The van der Waals surface area contributed by atoms with Crippen LogP contribution in [0.3, 0.4) is 0 Å². The van der Waals surface area contributed by atoms with Gasteiger partial charge in [0.25, 0.3) is 0 Å². The third-order valence-electron chi connectivity index (χ3n) is 8.00. The minimum atomic E-state index is -0.320. The van der Waals surface area contributed by atoms with Crippen molar-refractivity contribution in [1.82, 2.24) is 4.98 Å². The lowest BCUT2D eigenvalue weighted by molar-refractivity contribution is 0.112. The number of phenolic OH excluding ortho intramolecular Hbond substituents is 1. The average Bonchev–Trinajstić information content (AvgIpc) is 2.92. The number of pyridine rings is 1. The normalized spacial score (nSPS) is 15.6. The molecule has 0 spiro atoms. The van der Waals surface area contributed by atoms with Crippen LogP contribution >= 0.6 is 23.2 Å². The molecule has 0 bridgehead atoms. The van der Waals surface area contributed by atoms with Gasteiger partial charge < -0.3 is 19.7 Å². The number of piperidine rings is 1. The summed E-state index contributed by atoms with van der Waals surface area (Å²) in [6.07, 6.45) is 2.54. The van der Waals surface area contributed by atoms with Gasteiger partial charge in [0.05, 0.1) is 39.0 Å². The number of nitrogens with one attached hydrogen (secondary N) is 1. The highest BCUT2D eigenvalue weighted by atomic mass is 35.5. The Balaban J connectivity index is 1.59. The average molecular weight is 595 g/mol. The minimum absolute atomic E-state index is 0.0274. The van der Waals surface area contributed by atoms with E-state index in [9.17, 15) is 14.7 Å². The SMILES string of the molecule is Cc1cc([C@@H](C)Nc2ccc(Cl)nc2-c2ccc(O)c(C=O)c2Cl)c2oc(N3CCC(C)(C)CC3)c(C)c(=O)c2c1. The third-order valence-corrected chi connectivity index (χ3v) is 8.62. The molecule has 2 aromatic heterocycles. The molecule has 0 aliphatic carbocycles. The first-order valence-corrected chi connectivity index (χ1v) is 14.4.